The summed E-state index contributed by atoms with van der Waals surface area (Å²) in [5, 5.41) is 3.54. The maximum Gasteiger partial charge on any atom is 0.235 e. The zero-order chi connectivity index (χ0) is 21.6. The average Bonchev–Trinajstić information content (AvgIpc) is 2.82. The first kappa shape index (κ1) is 20.9. The molecular formula is C26H23ClN2O2. The average molecular weight is 431 g/mol. The summed E-state index contributed by atoms with van der Waals surface area (Å²) in [7, 11) is 0. The van der Waals surface area contributed by atoms with E-state index in [0.717, 1.165) is 11.4 Å². The van der Waals surface area contributed by atoms with Crippen molar-refractivity contribution in [2.75, 3.05) is 10.2 Å². The van der Waals surface area contributed by atoms with Crippen LogP contribution in [0.25, 0.3) is 0 Å². The maximum atomic E-state index is 13.8. The van der Waals surface area contributed by atoms with E-state index in [-0.39, 0.29) is 11.8 Å². The van der Waals surface area contributed by atoms with Crippen LogP contribution in [-0.2, 0) is 9.59 Å². The predicted molar refractivity (Wildman–Crippen MR) is 125 cm³/mol. The van der Waals surface area contributed by atoms with Crippen molar-refractivity contribution in [2.45, 2.75) is 12.8 Å². The van der Waals surface area contributed by atoms with E-state index in [1.54, 1.807) is 29.2 Å². The minimum absolute atomic E-state index is 0.0852. The van der Waals surface area contributed by atoms with Gasteiger partial charge in [0.15, 0.2) is 0 Å². The number of rotatable bonds is 5. The Labute approximate surface area is 187 Å². The molecule has 31 heavy (non-hydrogen) atoms. The summed E-state index contributed by atoms with van der Waals surface area (Å²) in [4.78, 5) is 28.6. The van der Waals surface area contributed by atoms with E-state index in [1.807, 2.05) is 72.8 Å². The molecule has 2 amide bonds. The fraction of sp³-hybridized carbons (Fsp3) is 0.154. The van der Waals surface area contributed by atoms with Gasteiger partial charge in [0.2, 0.25) is 11.8 Å². The van der Waals surface area contributed by atoms with Gasteiger partial charge in [-0.15, -0.1) is 0 Å². The van der Waals surface area contributed by atoms with Gasteiger partial charge in [-0.25, -0.2) is 0 Å². The number of carbonyl (C=O) groups excluding carboxylic acids is 2. The van der Waals surface area contributed by atoms with Crippen LogP contribution in [-0.4, -0.2) is 11.8 Å². The molecule has 5 heteroatoms. The van der Waals surface area contributed by atoms with Crippen LogP contribution < -0.4 is 10.2 Å². The summed E-state index contributed by atoms with van der Waals surface area (Å²) >= 11 is 5.94. The molecule has 3 aromatic rings. The molecule has 2 atom stereocenters. The Morgan fingerprint density at radius 2 is 1.26 bits per heavy atom. The first-order valence-corrected chi connectivity index (χ1v) is 10.7. The minimum Gasteiger partial charge on any atom is -0.326 e. The number of para-hydroxylation sites is 2. The highest BCUT2D eigenvalue weighted by Gasteiger charge is 2.37. The molecule has 1 aliphatic rings. The van der Waals surface area contributed by atoms with E-state index in [4.69, 9.17) is 11.6 Å². The number of anilines is 3. The van der Waals surface area contributed by atoms with Gasteiger partial charge in [-0.3, -0.25) is 14.5 Å². The van der Waals surface area contributed by atoms with Crippen LogP contribution in [0.15, 0.2) is 97.1 Å². The molecule has 4 rings (SSSR count). The van der Waals surface area contributed by atoms with Gasteiger partial charge >= 0.3 is 0 Å². The van der Waals surface area contributed by atoms with E-state index < -0.39 is 11.8 Å². The SMILES string of the molecule is O=C(Nc1ccc(Cl)cc1)C1CC=CCC1C(=O)N(c1ccccc1)c1ccccc1. The highest BCUT2D eigenvalue weighted by molar-refractivity contribution is 6.30. The second-order valence-corrected chi connectivity index (χ2v) is 7.93. The van der Waals surface area contributed by atoms with Gasteiger partial charge in [-0.05, 0) is 61.4 Å². The van der Waals surface area contributed by atoms with Gasteiger partial charge in [-0.1, -0.05) is 60.2 Å². The van der Waals surface area contributed by atoms with Crippen molar-refractivity contribution in [1.82, 2.24) is 0 Å². The highest BCUT2D eigenvalue weighted by atomic mass is 35.5. The molecule has 0 saturated heterocycles. The van der Waals surface area contributed by atoms with Crippen molar-refractivity contribution in [3.63, 3.8) is 0 Å². The van der Waals surface area contributed by atoms with Crippen molar-refractivity contribution in [2.24, 2.45) is 11.8 Å². The van der Waals surface area contributed by atoms with Gasteiger partial charge < -0.3 is 5.32 Å². The highest BCUT2D eigenvalue weighted by Crippen LogP contribution is 2.34. The number of amides is 2. The number of allylic oxidation sites excluding steroid dienone is 2. The number of halogens is 1. The second kappa shape index (κ2) is 9.63. The molecule has 0 aromatic heterocycles. The molecule has 1 aliphatic carbocycles. The van der Waals surface area contributed by atoms with Crippen LogP contribution >= 0.6 is 11.6 Å². The van der Waals surface area contributed by atoms with E-state index in [2.05, 4.69) is 5.32 Å². The topological polar surface area (TPSA) is 49.4 Å². The fourth-order valence-corrected chi connectivity index (χ4v) is 3.99. The Morgan fingerprint density at radius 3 is 1.81 bits per heavy atom. The third-order valence-corrected chi connectivity index (χ3v) is 5.70. The summed E-state index contributed by atoms with van der Waals surface area (Å²) in [6, 6.07) is 26.1. The molecular weight excluding hydrogens is 408 g/mol. The first-order valence-electron chi connectivity index (χ1n) is 10.3. The standard InChI is InChI=1S/C26H23ClN2O2/c27-19-15-17-20(18-16-19)28-25(30)23-13-7-8-14-24(23)26(31)29(21-9-3-1-4-10-21)22-11-5-2-6-12-22/h1-12,15-18,23-24H,13-14H2,(H,28,30). The van der Waals surface area contributed by atoms with E-state index >= 15 is 0 Å². The maximum absolute atomic E-state index is 13.8. The second-order valence-electron chi connectivity index (χ2n) is 7.50. The van der Waals surface area contributed by atoms with Crippen LogP contribution in [0.5, 0.6) is 0 Å². The number of nitrogens with zero attached hydrogens (tertiary/aromatic N) is 1. The van der Waals surface area contributed by atoms with Crippen LogP contribution in [0, 0.1) is 11.8 Å². The molecule has 0 radical (unpaired) electrons. The van der Waals surface area contributed by atoms with E-state index in [9.17, 15) is 9.59 Å². The Bertz CT molecular complexity index is 1030. The summed E-state index contributed by atoms with van der Waals surface area (Å²) < 4.78 is 0. The third kappa shape index (κ3) is 4.86. The first-order chi connectivity index (χ1) is 15.1. The number of benzene rings is 3. The lowest BCUT2D eigenvalue weighted by Crippen LogP contribution is -2.41. The van der Waals surface area contributed by atoms with Crippen molar-refractivity contribution in [3.05, 3.63) is 102 Å². The third-order valence-electron chi connectivity index (χ3n) is 5.45. The molecule has 0 heterocycles. The van der Waals surface area contributed by atoms with Crippen LogP contribution in [0.1, 0.15) is 12.8 Å². The van der Waals surface area contributed by atoms with Crippen LogP contribution in [0.2, 0.25) is 5.02 Å². The monoisotopic (exact) mass is 430 g/mol. The molecule has 156 valence electrons. The Morgan fingerprint density at radius 1 is 0.742 bits per heavy atom. The molecule has 0 fully saturated rings. The number of hydrogen-bond acceptors (Lipinski definition) is 2. The Hall–Kier alpha value is -3.37. The normalized spacial score (nSPS) is 17.7. The lowest BCUT2D eigenvalue weighted by atomic mass is 9.81. The lowest BCUT2D eigenvalue weighted by molar-refractivity contribution is -0.130. The number of hydrogen-bond donors (Lipinski definition) is 1. The van der Waals surface area contributed by atoms with E-state index in [1.165, 1.54) is 0 Å². The fourth-order valence-electron chi connectivity index (χ4n) is 3.87. The molecule has 2 unspecified atom stereocenters. The molecule has 1 N–H and O–H groups in total. The summed E-state index contributed by atoms with van der Waals surface area (Å²) in [5.74, 6) is -1.16. The van der Waals surface area contributed by atoms with Crippen molar-refractivity contribution in [1.29, 1.82) is 0 Å². The molecule has 0 bridgehead atoms. The molecule has 4 nitrogen and oxygen atoms in total. The molecule has 3 aromatic carbocycles. The van der Waals surface area contributed by atoms with Crippen molar-refractivity contribution < 1.29 is 9.59 Å². The van der Waals surface area contributed by atoms with Crippen LogP contribution in [0.4, 0.5) is 17.1 Å². The molecule has 0 spiro atoms. The zero-order valence-electron chi connectivity index (χ0n) is 16.9. The van der Waals surface area contributed by atoms with Gasteiger partial charge in [0.25, 0.3) is 0 Å². The van der Waals surface area contributed by atoms with Crippen LogP contribution in [0.3, 0.4) is 0 Å². The Kier molecular flexibility index (Phi) is 6.48. The van der Waals surface area contributed by atoms with Gasteiger partial charge in [0.05, 0.1) is 11.8 Å². The zero-order valence-corrected chi connectivity index (χ0v) is 17.7. The number of carbonyl (C=O) groups is 2. The van der Waals surface area contributed by atoms with E-state index in [0.29, 0.717) is 23.6 Å². The molecule has 0 saturated carbocycles. The van der Waals surface area contributed by atoms with Crippen molar-refractivity contribution >= 4 is 40.5 Å². The smallest absolute Gasteiger partial charge is 0.235 e. The Balaban J connectivity index is 1.62. The molecule has 0 aliphatic heterocycles. The van der Waals surface area contributed by atoms with Gasteiger partial charge in [0, 0.05) is 22.1 Å². The minimum atomic E-state index is -0.460. The summed E-state index contributed by atoms with van der Waals surface area (Å²) in [6.45, 7) is 0. The quantitative estimate of drug-likeness (QED) is 0.488. The van der Waals surface area contributed by atoms with Gasteiger partial charge in [-0.2, -0.15) is 0 Å². The van der Waals surface area contributed by atoms with Crippen molar-refractivity contribution in [3.8, 4) is 0 Å². The predicted octanol–water partition coefficient (Wildman–Crippen LogP) is 6.23. The largest absolute Gasteiger partial charge is 0.326 e. The summed E-state index contributed by atoms with van der Waals surface area (Å²) in [5.41, 5.74) is 2.23. The number of nitrogens with one attached hydrogen (secondary N) is 1. The summed E-state index contributed by atoms with van der Waals surface area (Å²) in [6.07, 6.45) is 5.01. The van der Waals surface area contributed by atoms with Gasteiger partial charge in [0.1, 0.15) is 0 Å². The lowest BCUT2D eigenvalue weighted by Gasteiger charge is -2.32.